The first-order valence-electron chi connectivity index (χ1n) is 7.87. The third-order valence-electron chi connectivity index (χ3n) is 5.07. The fourth-order valence-electron chi connectivity index (χ4n) is 3.46. The van der Waals surface area contributed by atoms with E-state index in [1.165, 1.54) is 25.7 Å². The molecule has 0 bridgehead atoms. The number of aromatic nitrogens is 1. The van der Waals surface area contributed by atoms with E-state index in [0.717, 1.165) is 35.0 Å². The number of thiazole rings is 1. The molecular formula is C16H26N2OS. The van der Waals surface area contributed by atoms with Gasteiger partial charge in [0.05, 0.1) is 16.7 Å². The van der Waals surface area contributed by atoms with E-state index in [1.807, 2.05) is 0 Å². The van der Waals surface area contributed by atoms with Crippen molar-refractivity contribution in [2.24, 2.45) is 5.41 Å². The number of hydrogen-bond donors (Lipinski definition) is 1. The van der Waals surface area contributed by atoms with Gasteiger partial charge in [0.15, 0.2) is 5.13 Å². The lowest BCUT2D eigenvalue weighted by Gasteiger charge is -2.38. The van der Waals surface area contributed by atoms with E-state index in [0.29, 0.717) is 11.5 Å². The normalized spacial score (nSPS) is 26.3. The summed E-state index contributed by atoms with van der Waals surface area (Å²) >= 11 is 1.71. The summed E-state index contributed by atoms with van der Waals surface area (Å²) in [7, 11) is 2.18. The molecule has 0 aliphatic heterocycles. The Balaban J connectivity index is 1.73. The Bertz CT molecular complexity index is 473. The minimum atomic E-state index is -0.274. The van der Waals surface area contributed by atoms with E-state index in [4.69, 9.17) is 4.98 Å². The zero-order chi connectivity index (χ0) is 14.3. The zero-order valence-corrected chi connectivity index (χ0v) is 13.7. The van der Waals surface area contributed by atoms with Gasteiger partial charge >= 0.3 is 0 Å². The quantitative estimate of drug-likeness (QED) is 0.898. The van der Waals surface area contributed by atoms with E-state index < -0.39 is 0 Å². The van der Waals surface area contributed by atoms with Crippen molar-refractivity contribution in [2.45, 2.75) is 70.9 Å². The summed E-state index contributed by atoms with van der Waals surface area (Å²) in [5, 5.41) is 11.2. The molecule has 0 saturated heterocycles. The Kier molecular flexibility index (Phi) is 3.80. The lowest BCUT2D eigenvalue weighted by Crippen LogP contribution is -2.37. The molecule has 1 aromatic heterocycles. The summed E-state index contributed by atoms with van der Waals surface area (Å²) in [5.74, 6) is 0. The highest BCUT2D eigenvalue weighted by Crippen LogP contribution is 2.41. The molecule has 0 amide bonds. The average Bonchev–Trinajstić information content (AvgIpc) is 2.83. The molecule has 4 heteroatoms. The predicted molar refractivity (Wildman–Crippen MR) is 84.5 cm³/mol. The molecule has 20 heavy (non-hydrogen) atoms. The molecule has 1 unspecified atom stereocenters. The van der Waals surface area contributed by atoms with Crippen LogP contribution in [-0.4, -0.2) is 23.2 Å². The number of fused-ring (bicyclic) bond motifs is 1. The van der Waals surface area contributed by atoms with Crippen molar-refractivity contribution in [3.63, 3.8) is 0 Å². The molecule has 0 spiro atoms. The zero-order valence-electron chi connectivity index (χ0n) is 12.9. The van der Waals surface area contributed by atoms with Crippen LogP contribution < -0.4 is 4.90 Å². The Morgan fingerprint density at radius 2 is 1.95 bits per heavy atom. The summed E-state index contributed by atoms with van der Waals surface area (Å²) in [5.41, 5.74) is 1.65. The number of aryl methyl sites for hydroxylation is 1. The standard InChI is InChI=1S/C16H26N2OS/c1-16(2)9-7-11(8-10-16)18(3)15-17-12-5-4-6-13(19)14(12)20-15/h11,13,19H,4-10H2,1-3H3. The molecule has 0 aromatic carbocycles. The largest absolute Gasteiger partial charge is 0.388 e. The van der Waals surface area contributed by atoms with Crippen LogP contribution in [0.25, 0.3) is 0 Å². The van der Waals surface area contributed by atoms with Gasteiger partial charge in [-0.3, -0.25) is 0 Å². The van der Waals surface area contributed by atoms with Gasteiger partial charge < -0.3 is 10.0 Å². The number of aliphatic hydroxyl groups excluding tert-OH is 1. The molecule has 112 valence electrons. The van der Waals surface area contributed by atoms with Crippen molar-refractivity contribution in [1.29, 1.82) is 0 Å². The highest BCUT2D eigenvalue weighted by Gasteiger charge is 2.31. The predicted octanol–water partition coefficient (Wildman–Crippen LogP) is 3.92. The SMILES string of the molecule is CN(c1nc2c(s1)C(O)CCC2)C1CCC(C)(C)CC1. The van der Waals surface area contributed by atoms with Gasteiger partial charge in [0.2, 0.25) is 0 Å². The summed E-state index contributed by atoms with van der Waals surface area (Å²) < 4.78 is 0. The van der Waals surface area contributed by atoms with Crippen LogP contribution in [0.15, 0.2) is 0 Å². The monoisotopic (exact) mass is 294 g/mol. The summed E-state index contributed by atoms with van der Waals surface area (Å²) in [4.78, 5) is 8.28. The Hall–Kier alpha value is -0.610. The molecule has 0 radical (unpaired) electrons. The third kappa shape index (κ3) is 2.73. The van der Waals surface area contributed by atoms with Gasteiger partial charge in [-0.1, -0.05) is 25.2 Å². The van der Waals surface area contributed by atoms with Crippen LogP contribution in [0.2, 0.25) is 0 Å². The molecule has 2 aliphatic carbocycles. The van der Waals surface area contributed by atoms with E-state index >= 15 is 0 Å². The highest BCUT2D eigenvalue weighted by molar-refractivity contribution is 7.15. The van der Waals surface area contributed by atoms with Crippen molar-refractivity contribution >= 4 is 16.5 Å². The van der Waals surface area contributed by atoms with Crippen LogP contribution >= 0.6 is 11.3 Å². The van der Waals surface area contributed by atoms with E-state index in [1.54, 1.807) is 11.3 Å². The Morgan fingerprint density at radius 3 is 2.60 bits per heavy atom. The lowest BCUT2D eigenvalue weighted by atomic mass is 9.75. The van der Waals surface area contributed by atoms with E-state index in [2.05, 4.69) is 25.8 Å². The van der Waals surface area contributed by atoms with Crippen LogP contribution in [0.3, 0.4) is 0 Å². The second-order valence-electron chi connectivity index (χ2n) is 7.22. The van der Waals surface area contributed by atoms with E-state index in [9.17, 15) is 5.11 Å². The van der Waals surface area contributed by atoms with Gasteiger partial charge in [-0.25, -0.2) is 4.98 Å². The molecule has 1 aromatic rings. The Morgan fingerprint density at radius 1 is 1.25 bits per heavy atom. The van der Waals surface area contributed by atoms with Crippen LogP contribution in [0.5, 0.6) is 0 Å². The molecular weight excluding hydrogens is 268 g/mol. The van der Waals surface area contributed by atoms with Crippen LogP contribution in [-0.2, 0) is 6.42 Å². The Labute approximate surface area is 126 Å². The molecule has 3 rings (SSSR count). The topological polar surface area (TPSA) is 36.4 Å². The average molecular weight is 294 g/mol. The maximum atomic E-state index is 10.1. The highest BCUT2D eigenvalue weighted by atomic mass is 32.1. The fraction of sp³-hybridized carbons (Fsp3) is 0.812. The first-order valence-corrected chi connectivity index (χ1v) is 8.68. The van der Waals surface area contributed by atoms with Gasteiger partial charge in [-0.15, -0.1) is 0 Å². The molecule has 3 nitrogen and oxygen atoms in total. The minimum Gasteiger partial charge on any atom is -0.388 e. The van der Waals surface area contributed by atoms with Crippen LogP contribution in [0, 0.1) is 5.41 Å². The first kappa shape index (κ1) is 14.3. The summed E-state index contributed by atoms with van der Waals surface area (Å²) in [6, 6.07) is 0.618. The van der Waals surface area contributed by atoms with Crippen molar-refractivity contribution in [2.75, 3.05) is 11.9 Å². The second kappa shape index (κ2) is 5.30. The van der Waals surface area contributed by atoms with Gasteiger partial charge in [0.25, 0.3) is 0 Å². The number of aliphatic hydroxyl groups is 1. The molecule has 2 aliphatic rings. The van der Waals surface area contributed by atoms with Gasteiger partial charge in [-0.05, 0) is 50.4 Å². The van der Waals surface area contributed by atoms with Gasteiger partial charge in [0.1, 0.15) is 0 Å². The van der Waals surface area contributed by atoms with Crippen molar-refractivity contribution < 1.29 is 5.11 Å². The van der Waals surface area contributed by atoms with Gasteiger partial charge in [-0.2, -0.15) is 0 Å². The minimum absolute atomic E-state index is 0.274. The van der Waals surface area contributed by atoms with Crippen LogP contribution in [0.1, 0.15) is 69.0 Å². The van der Waals surface area contributed by atoms with Crippen molar-refractivity contribution in [3.05, 3.63) is 10.6 Å². The fourth-order valence-corrected chi connectivity index (χ4v) is 4.63. The number of hydrogen-bond acceptors (Lipinski definition) is 4. The van der Waals surface area contributed by atoms with Crippen molar-refractivity contribution in [3.8, 4) is 0 Å². The summed E-state index contributed by atoms with van der Waals surface area (Å²) in [6.45, 7) is 4.75. The first-order chi connectivity index (χ1) is 9.46. The summed E-state index contributed by atoms with van der Waals surface area (Å²) in [6.07, 6.45) is 7.85. The van der Waals surface area contributed by atoms with Gasteiger partial charge in [0, 0.05) is 13.1 Å². The number of anilines is 1. The maximum absolute atomic E-state index is 10.1. The third-order valence-corrected chi connectivity index (χ3v) is 6.36. The molecule has 1 saturated carbocycles. The molecule has 1 N–H and O–H groups in total. The van der Waals surface area contributed by atoms with E-state index in [-0.39, 0.29) is 6.10 Å². The molecule has 1 atom stereocenters. The lowest BCUT2D eigenvalue weighted by molar-refractivity contribution is 0.160. The molecule has 1 fully saturated rings. The smallest absolute Gasteiger partial charge is 0.185 e. The van der Waals surface area contributed by atoms with Crippen molar-refractivity contribution in [1.82, 2.24) is 4.98 Å². The second-order valence-corrected chi connectivity index (χ2v) is 8.23. The van der Waals surface area contributed by atoms with Crippen LogP contribution in [0.4, 0.5) is 5.13 Å². The number of nitrogens with zero attached hydrogens (tertiary/aromatic N) is 2. The maximum Gasteiger partial charge on any atom is 0.185 e. The molecule has 1 heterocycles. The number of rotatable bonds is 2.